The van der Waals surface area contributed by atoms with Gasteiger partial charge in [-0.05, 0) is 86.2 Å². The van der Waals surface area contributed by atoms with Crippen LogP contribution in [-0.4, -0.2) is 20.8 Å². The highest BCUT2D eigenvalue weighted by Gasteiger charge is 2.41. The lowest BCUT2D eigenvalue weighted by Crippen LogP contribution is -2.29. The van der Waals surface area contributed by atoms with Crippen molar-refractivity contribution in [3.8, 4) is 11.4 Å². The number of para-hydroxylation sites is 1. The fraction of sp³-hybridized carbons (Fsp3) is 0.185. The number of nitrogens with one attached hydrogen (secondary N) is 1. The Labute approximate surface area is 199 Å². The van der Waals surface area contributed by atoms with Crippen LogP contribution in [0.3, 0.4) is 0 Å². The molecule has 6 heteroatoms. The highest BCUT2D eigenvalue weighted by atomic mass is 32.1. The van der Waals surface area contributed by atoms with E-state index in [1.165, 1.54) is 0 Å². The Morgan fingerprint density at radius 3 is 2.36 bits per heavy atom. The van der Waals surface area contributed by atoms with E-state index < -0.39 is 0 Å². The molecule has 1 saturated heterocycles. The molecule has 3 heterocycles. The lowest BCUT2D eigenvalue weighted by atomic mass is 9.98. The molecule has 2 aromatic carbocycles. The van der Waals surface area contributed by atoms with E-state index in [0.717, 1.165) is 28.4 Å². The Kier molecular flexibility index (Phi) is 5.84. The third kappa shape index (κ3) is 4.34. The minimum atomic E-state index is -0.0723. The zero-order chi connectivity index (χ0) is 22.8. The average Bonchev–Trinajstić information content (AvgIpc) is 3.45. The summed E-state index contributed by atoms with van der Waals surface area (Å²) in [6.07, 6.45) is 6.23. The van der Waals surface area contributed by atoms with Crippen molar-refractivity contribution in [2.24, 2.45) is 0 Å². The van der Waals surface area contributed by atoms with Crippen LogP contribution in [0.5, 0.6) is 5.75 Å². The van der Waals surface area contributed by atoms with Crippen LogP contribution >= 0.6 is 12.2 Å². The molecule has 0 unspecified atom stereocenters. The summed E-state index contributed by atoms with van der Waals surface area (Å²) >= 11 is 5.83. The van der Waals surface area contributed by atoms with Gasteiger partial charge in [0.2, 0.25) is 0 Å². The molecule has 4 aromatic rings. The van der Waals surface area contributed by atoms with E-state index in [1.807, 2.05) is 68.6 Å². The molecule has 1 fully saturated rings. The van der Waals surface area contributed by atoms with E-state index in [9.17, 15) is 0 Å². The Balaban J connectivity index is 1.55. The van der Waals surface area contributed by atoms with Gasteiger partial charge >= 0.3 is 0 Å². The smallest absolute Gasteiger partial charge is 0.174 e. The molecule has 0 amide bonds. The molecule has 33 heavy (non-hydrogen) atoms. The van der Waals surface area contributed by atoms with Crippen molar-refractivity contribution < 1.29 is 4.74 Å². The van der Waals surface area contributed by atoms with Gasteiger partial charge < -0.3 is 19.5 Å². The lowest BCUT2D eigenvalue weighted by molar-refractivity contribution is 0.242. The summed E-state index contributed by atoms with van der Waals surface area (Å²) in [4.78, 5) is 6.81. The third-order valence-corrected chi connectivity index (χ3v) is 6.01. The van der Waals surface area contributed by atoms with Gasteiger partial charge in [-0.25, -0.2) is 0 Å². The molecule has 2 atom stereocenters. The molecule has 1 aliphatic rings. The van der Waals surface area contributed by atoms with Crippen molar-refractivity contribution in [1.82, 2.24) is 14.9 Å². The Morgan fingerprint density at radius 2 is 1.67 bits per heavy atom. The van der Waals surface area contributed by atoms with Gasteiger partial charge in [-0.3, -0.25) is 4.98 Å². The Hall–Kier alpha value is -3.64. The molecule has 166 valence electrons. The molecule has 5 nitrogen and oxygen atoms in total. The maximum absolute atomic E-state index is 5.83. The number of pyridine rings is 1. The summed E-state index contributed by atoms with van der Waals surface area (Å²) in [5.41, 5.74) is 4.25. The van der Waals surface area contributed by atoms with Gasteiger partial charge in [0.15, 0.2) is 5.11 Å². The number of aromatic nitrogens is 2. The van der Waals surface area contributed by atoms with E-state index >= 15 is 0 Å². The standard InChI is InChI=1S/C27H26N4OS/c1-19(2)32-23-13-11-22(12-14-23)31-26(25(29-27(31)33)24-10-6-7-16-28-24)20-15-17-30(18-20)21-8-4-3-5-9-21/h3-19,25-26H,1-2H3,(H,29,33)/t25-,26-/m1/s1. The van der Waals surface area contributed by atoms with Gasteiger partial charge in [-0.2, -0.15) is 0 Å². The molecule has 1 aliphatic heterocycles. The van der Waals surface area contributed by atoms with Crippen LogP contribution in [0.4, 0.5) is 5.69 Å². The van der Waals surface area contributed by atoms with E-state index in [2.05, 4.69) is 62.5 Å². The van der Waals surface area contributed by atoms with Crippen molar-refractivity contribution in [2.45, 2.75) is 32.0 Å². The molecule has 1 N–H and O–H groups in total. The van der Waals surface area contributed by atoms with Crippen molar-refractivity contribution in [2.75, 3.05) is 4.90 Å². The summed E-state index contributed by atoms with van der Waals surface area (Å²) in [6, 6.07) is 26.5. The number of hydrogen-bond donors (Lipinski definition) is 1. The van der Waals surface area contributed by atoms with E-state index in [0.29, 0.717) is 5.11 Å². The fourth-order valence-corrected chi connectivity index (χ4v) is 4.62. The second kappa shape index (κ2) is 9.08. The molecule has 0 bridgehead atoms. The number of nitrogens with zero attached hydrogens (tertiary/aromatic N) is 3. The average molecular weight is 455 g/mol. The van der Waals surface area contributed by atoms with Gasteiger partial charge in [-0.1, -0.05) is 24.3 Å². The van der Waals surface area contributed by atoms with Crippen LogP contribution in [0.15, 0.2) is 97.5 Å². The number of hydrogen-bond acceptors (Lipinski definition) is 3. The monoisotopic (exact) mass is 454 g/mol. The number of rotatable bonds is 6. The van der Waals surface area contributed by atoms with Gasteiger partial charge in [0.1, 0.15) is 5.75 Å². The van der Waals surface area contributed by atoms with Crippen molar-refractivity contribution >= 4 is 23.0 Å². The minimum Gasteiger partial charge on any atom is -0.491 e. The summed E-state index contributed by atoms with van der Waals surface area (Å²) < 4.78 is 7.98. The van der Waals surface area contributed by atoms with Crippen LogP contribution in [0.2, 0.25) is 0 Å². The maximum atomic E-state index is 5.83. The first kappa shape index (κ1) is 21.2. The summed E-state index contributed by atoms with van der Waals surface area (Å²) in [7, 11) is 0. The summed E-state index contributed by atoms with van der Waals surface area (Å²) in [5.74, 6) is 0.847. The number of thiocarbonyl (C=S) groups is 1. The summed E-state index contributed by atoms with van der Waals surface area (Å²) in [6.45, 7) is 4.05. The Morgan fingerprint density at radius 1 is 0.909 bits per heavy atom. The molecule has 5 rings (SSSR count). The normalized spacial score (nSPS) is 17.9. The van der Waals surface area contributed by atoms with Crippen LogP contribution in [0, 0.1) is 0 Å². The van der Waals surface area contributed by atoms with Gasteiger partial charge in [0.25, 0.3) is 0 Å². The molecule has 0 aliphatic carbocycles. The van der Waals surface area contributed by atoms with E-state index in [1.54, 1.807) is 0 Å². The number of ether oxygens (including phenoxy) is 1. The lowest BCUT2D eigenvalue weighted by Gasteiger charge is -2.27. The molecule has 0 saturated carbocycles. The highest BCUT2D eigenvalue weighted by Crippen LogP contribution is 2.42. The van der Waals surface area contributed by atoms with E-state index in [4.69, 9.17) is 17.0 Å². The second-order valence-electron chi connectivity index (χ2n) is 8.34. The second-order valence-corrected chi connectivity index (χ2v) is 8.73. The summed E-state index contributed by atoms with van der Waals surface area (Å²) in [5, 5.41) is 4.20. The first-order valence-electron chi connectivity index (χ1n) is 11.1. The maximum Gasteiger partial charge on any atom is 0.174 e. The van der Waals surface area contributed by atoms with Gasteiger partial charge in [-0.15, -0.1) is 0 Å². The first-order chi connectivity index (χ1) is 16.1. The molecule has 0 spiro atoms. The highest BCUT2D eigenvalue weighted by molar-refractivity contribution is 7.80. The number of benzene rings is 2. The largest absolute Gasteiger partial charge is 0.491 e. The number of anilines is 1. The van der Waals surface area contributed by atoms with Crippen LogP contribution < -0.4 is 15.0 Å². The molecular formula is C27H26N4OS. The predicted molar refractivity (Wildman–Crippen MR) is 136 cm³/mol. The molecule has 2 aromatic heterocycles. The molecule has 0 radical (unpaired) electrons. The van der Waals surface area contributed by atoms with E-state index in [-0.39, 0.29) is 18.2 Å². The van der Waals surface area contributed by atoms with Crippen LogP contribution in [-0.2, 0) is 0 Å². The zero-order valence-electron chi connectivity index (χ0n) is 18.6. The zero-order valence-corrected chi connectivity index (χ0v) is 19.4. The van der Waals surface area contributed by atoms with Crippen LogP contribution in [0.25, 0.3) is 5.69 Å². The topological polar surface area (TPSA) is 42.3 Å². The third-order valence-electron chi connectivity index (χ3n) is 5.70. The van der Waals surface area contributed by atoms with Crippen molar-refractivity contribution in [3.05, 3.63) is 109 Å². The SMILES string of the molecule is CC(C)Oc1ccc(N2C(=S)N[C@H](c3ccccn3)[C@H]2c2ccn(-c3ccccc3)c2)cc1. The van der Waals surface area contributed by atoms with Gasteiger partial charge in [0.05, 0.1) is 23.9 Å². The van der Waals surface area contributed by atoms with Crippen molar-refractivity contribution in [3.63, 3.8) is 0 Å². The fourth-order valence-electron chi connectivity index (χ4n) is 4.28. The quantitative estimate of drug-likeness (QED) is 0.371. The molecular weight excluding hydrogens is 428 g/mol. The van der Waals surface area contributed by atoms with Gasteiger partial charge in [0, 0.05) is 30.0 Å². The van der Waals surface area contributed by atoms with Crippen LogP contribution in [0.1, 0.15) is 37.2 Å². The Bertz CT molecular complexity index is 1220. The predicted octanol–water partition coefficient (Wildman–Crippen LogP) is 5.84. The van der Waals surface area contributed by atoms with Crippen molar-refractivity contribution in [1.29, 1.82) is 0 Å². The first-order valence-corrected chi connectivity index (χ1v) is 11.5. The minimum absolute atomic E-state index is 0.0470.